The van der Waals surface area contributed by atoms with E-state index in [2.05, 4.69) is 20.9 Å². The van der Waals surface area contributed by atoms with Gasteiger partial charge in [-0.2, -0.15) is 0 Å². The van der Waals surface area contributed by atoms with Crippen molar-refractivity contribution < 1.29 is 18.8 Å². The highest BCUT2D eigenvalue weighted by molar-refractivity contribution is 8.00. The lowest BCUT2D eigenvalue weighted by atomic mass is 10.1. The Balaban J connectivity index is 1.19. The zero-order valence-electron chi connectivity index (χ0n) is 22.9. The second-order valence-corrected chi connectivity index (χ2v) is 11.6. The number of nitrogens with zero attached hydrogens (tertiary/aromatic N) is 1. The van der Waals surface area contributed by atoms with Crippen molar-refractivity contribution in [2.75, 3.05) is 16.4 Å². The van der Waals surface area contributed by atoms with Gasteiger partial charge in [0, 0.05) is 32.1 Å². The molecule has 5 rings (SSSR count). The molecule has 11 heteroatoms. The van der Waals surface area contributed by atoms with E-state index in [9.17, 15) is 18.8 Å². The highest BCUT2D eigenvalue weighted by Crippen LogP contribution is 2.26. The van der Waals surface area contributed by atoms with E-state index >= 15 is 0 Å². The molecule has 220 valence electrons. The van der Waals surface area contributed by atoms with Crippen LogP contribution in [0.5, 0.6) is 0 Å². The van der Waals surface area contributed by atoms with Gasteiger partial charge in [0.25, 0.3) is 11.8 Å². The van der Waals surface area contributed by atoms with Gasteiger partial charge in [-0.25, -0.2) is 9.37 Å². The van der Waals surface area contributed by atoms with Crippen molar-refractivity contribution in [2.45, 2.75) is 4.90 Å². The Morgan fingerprint density at radius 3 is 2.30 bits per heavy atom. The van der Waals surface area contributed by atoms with Gasteiger partial charge in [0.15, 0.2) is 5.13 Å². The molecule has 0 bridgehead atoms. The molecule has 0 fully saturated rings. The molecule has 0 aliphatic rings. The number of halogens is 2. The average molecular weight is 643 g/mol. The van der Waals surface area contributed by atoms with Gasteiger partial charge in [-0.3, -0.25) is 14.4 Å². The fourth-order valence-electron chi connectivity index (χ4n) is 3.91. The zero-order valence-corrected chi connectivity index (χ0v) is 25.3. The van der Waals surface area contributed by atoms with E-state index in [0.29, 0.717) is 32.7 Å². The Bertz CT molecular complexity index is 1810. The van der Waals surface area contributed by atoms with Crippen LogP contribution in [-0.4, -0.2) is 28.5 Å². The molecule has 0 radical (unpaired) electrons. The largest absolute Gasteiger partial charge is 0.321 e. The van der Waals surface area contributed by atoms with Crippen molar-refractivity contribution in [1.29, 1.82) is 0 Å². The van der Waals surface area contributed by atoms with Crippen LogP contribution in [0, 0.1) is 5.82 Å². The second-order valence-electron chi connectivity index (χ2n) is 9.26. The third kappa shape index (κ3) is 8.41. The molecule has 0 saturated carbocycles. The molecule has 1 aromatic heterocycles. The van der Waals surface area contributed by atoms with Crippen LogP contribution >= 0.6 is 34.7 Å². The molecule has 0 unspecified atom stereocenters. The second kappa shape index (κ2) is 14.6. The topological polar surface area (TPSA) is 100 Å². The van der Waals surface area contributed by atoms with E-state index < -0.39 is 11.8 Å². The monoisotopic (exact) mass is 642 g/mol. The fraction of sp³-hybridized carbons (Fsp3) is 0.0303. The van der Waals surface area contributed by atoms with Crippen LogP contribution in [0.15, 0.2) is 119 Å². The van der Waals surface area contributed by atoms with Crippen molar-refractivity contribution in [3.05, 3.63) is 136 Å². The molecule has 3 N–H and O–H groups in total. The summed E-state index contributed by atoms with van der Waals surface area (Å²) in [6.45, 7) is 0. The lowest BCUT2D eigenvalue weighted by Gasteiger charge is -2.12. The maximum absolute atomic E-state index is 13.3. The van der Waals surface area contributed by atoms with Crippen LogP contribution in [0.4, 0.5) is 15.2 Å². The number of carbonyl (C=O) groups excluding carboxylic acids is 3. The maximum Gasteiger partial charge on any atom is 0.272 e. The summed E-state index contributed by atoms with van der Waals surface area (Å²) in [5, 5.41) is 11.0. The molecule has 5 aromatic rings. The van der Waals surface area contributed by atoms with E-state index in [1.165, 1.54) is 41.3 Å². The van der Waals surface area contributed by atoms with Gasteiger partial charge < -0.3 is 16.0 Å². The van der Waals surface area contributed by atoms with E-state index in [4.69, 9.17) is 11.6 Å². The Kier molecular flexibility index (Phi) is 10.2. The smallest absolute Gasteiger partial charge is 0.272 e. The van der Waals surface area contributed by atoms with Gasteiger partial charge in [-0.1, -0.05) is 48.0 Å². The molecule has 0 atom stereocenters. The predicted molar refractivity (Wildman–Crippen MR) is 175 cm³/mol. The number of thiazole rings is 1. The van der Waals surface area contributed by atoms with Gasteiger partial charge in [0.1, 0.15) is 11.5 Å². The minimum atomic E-state index is -0.530. The molecule has 1 heterocycles. The first-order valence-electron chi connectivity index (χ1n) is 13.2. The summed E-state index contributed by atoms with van der Waals surface area (Å²) in [6.07, 6.45) is 1.52. The van der Waals surface area contributed by atoms with Crippen LogP contribution in [0.3, 0.4) is 0 Å². The van der Waals surface area contributed by atoms with E-state index in [1.54, 1.807) is 96.4 Å². The summed E-state index contributed by atoms with van der Waals surface area (Å²) in [5.41, 5.74) is 2.90. The minimum absolute atomic E-state index is 0.0202. The molecule has 44 heavy (non-hydrogen) atoms. The van der Waals surface area contributed by atoms with Gasteiger partial charge in [0.2, 0.25) is 5.91 Å². The van der Waals surface area contributed by atoms with Crippen molar-refractivity contribution in [1.82, 2.24) is 10.3 Å². The SMILES string of the molecule is O=C(CSc1ccc(NC(=O)/C(=C/c2ccccc2Cl)NC(=O)c2ccccc2)cc1)Nc1nc(-c2ccc(F)cc2)cs1. The Labute approximate surface area is 266 Å². The first kappa shape index (κ1) is 30.7. The van der Waals surface area contributed by atoms with Crippen molar-refractivity contribution in [3.8, 4) is 11.3 Å². The van der Waals surface area contributed by atoms with Gasteiger partial charge in [-0.15, -0.1) is 23.1 Å². The van der Waals surface area contributed by atoms with Crippen LogP contribution in [0.2, 0.25) is 5.02 Å². The Morgan fingerprint density at radius 2 is 1.57 bits per heavy atom. The first-order chi connectivity index (χ1) is 21.3. The first-order valence-corrected chi connectivity index (χ1v) is 15.5. The average Bonchev–Trinajstić information content (AvgIpc) is 3.50. The number of rotatable bonds is 10. The normalized spacial score (nSPS) is 11.1. The number of anilines is 2. The maximum atomic E-state index is 13.3. The molecular weight excluding hydrogens is 619 g/mol. The number of hydrogen-bond acceptors (Lipinski definition) is 6. The lowest BCUT2D eigenvalue weighted by Crippen LogP contribution is -2.30. The summed E-state index contributed by atoms with van der Waals surface area (Å²) in [6, 6.07) is 28.5. The molecule has 0 aliphatic heterocycles. The quantitative estimate of drug-likeness (QED) is 0.107. The predicted octanol–water partition coefficient (Wildman–Crippen LogP) is 7.74. The highest BCUT2D eigenvalue weighted by Gasteiger charge is 2.16. The molecule has 3 amide bonds. The number of hydrogen-bond donors (Lipinski definition) is 3. The van der Waals surface area contributed by atoms with Crippen molar-refractivity contribution in [3.63, 3.8) is 0 Å². The van der Waals surface area contributed by atoms with Crippen LogP contribution in [0.1, 0.15) is 15.9 Å². The summed E-state index contributed by atoms with van der Waals surface area (Å²) >= 11 is 8.91. The third-order valence-corrected chi connectivity index (χ3v) is 8.22. The summed E-state index contributed by atoms with van der Waals surface area (Å²) in [4.78, 5) is 43.8. The molecule has 0 spiro atoms. The molecule has 7 nitrogen and oxygen atoms in total. The van der Waals surface area contributed by atoms with E-state index in [0.717, 1.165) is 10.5 Å². The fourth-order valence-corrected chi connectivity index (χ4v) is 5.54. The number of nitrogens with one attached hydrogen (secondary N) is 3. The van der Waals surface area contributed by atoms with Gasteiger partial charge in [-0.05, 0) is 78.4 Å². The van der Waals surface area contributed by atoms with Crippen LogP contribution < -0.4 is 16.0 Å². The summed E-state index contributed by atoms with van der Waals surface area (Å²) in [5.74, 6) is -1.37. The minimum Gasteiger partial charge on any atom is -0.321 e. The zero-order chi connectivity index (χ0) is 30.9. The standard InChI is InChI=1S/C33H24ClFN4O3S2/c34-27-9-5-4-8-23(27)18-28(37-31(41)22-6-2-1-3-7-22)32(42)36-25-14-16-26(17-15-25)43-20-30(40)39-33-38-29(19-44-33)21-10-12-24(35)13-11-21/h1-19H,20H2,(H,36,42)(H,37,41)(H,38,39,40)/b28-18-. The van der Waals surface area contributed by atoms with Crippen LogP contribution in [0.25, 0.3) is 17.3 Å². The molecule has 0 saturated heterocycles. The van der Waals surface area contributed by atoms with E-state index in [-0.39, 0.29) is 23.2 Å². The molecule has 4 aromatic carbocycles. The Hall–Kier alpha value is -4.77. The van der Waals surface area contributed by atoms with Crippen molar-refractivity contribution >= 4 is 69.3 Å². The lowest BCUT2D eigenvalue weighted by molar-refractivity contribution is -0.114. The number of aromatic nitrogens is 1. The highest BCUT2D eigenvalue weighted by atomic mass is 35.5. The number of benzene rings is 4. The molecular formula is C33H24ClFN4O3S2. The summed E-state index contributed by atoms with van der Waals surface area (Å²) in [7, 11) is 0. The summed E-state index contributed by atoms with van der Waals surface area (Å²) < 4.78 is 13.2. The number of thioether (sulfide) groups is 1. The van der Waals surface area contributed by atoms with Crippen LogP contribution in [-0.2, 0) is 9.59 Å². The number of carbonyl (C=O) groups is 3. The van der Waals surface area contributed by atoms with E-state index in [1.807, 2.05) is 0 Å². The molecule has 0 aliphatic carbocycles. The van der Waals surface area contributed by atoms with Crippen molar-refractivity contribution in [2.24, 2.45) is 0 Å². The Morgan fingerprint density at radius 1 is 0.864 bits per heavy atom. The number of amides is 3. The van der Waals surface area contributed by atoms with Gasteiger partial charge >= 0.3 is 0 Å². The third-order valence-electron chi connectivity index (χ3n) is 6.11. The van der Waals surface area contributed by atoms with Gasteiger partial charge in [0.05, 0.1) is 11.4 Å².